The second kappa shape index (κ2) is 6.52. The van der Waals surface area contributed by atoms with E-state index in [-0.39, 0.29) is 12.5 Å². The van der Waals surface area contributed by atoms with E-state index in [0.717, 1.165) is 31.2 Å². The first kappa shape index (κ1) is 14.5. The van der Waals surface area contributed by atoms with E-state index in [1.165, 1.54) is 4.90 Å². The third-order valence-corrected chi connectivity index (χ3v) is 3.46. The highest BCUT2D eigenvalue weighted by atomic mass is 16.3. The number of hydrogen-bond donors (Lipinski definition) is 2. The number of hydrogen-bond acceptors (Lipinski definition) is 3. The van der Waals surface area contributed by atoms with Gasteiger partial charge in [0.25, 0.3) is 0 Å². The molecular formula is C15H20N2O3. The molecule has 108 valence electrons. The molecule has 0 spiro atoms. The summed E-state index contributed by atoms with van der Waals surface area (Å²) >= 11 is 0. The lowest BCUT2D eigenvalue weighted by molar-refractivity contribution is -0.117. The van der Waals surface area contributed by atoms with E-state index in [9.17, 15) is 14.7 Å². The summed E-state index contributed by atoms with van der Waals surface area (Å²) in [6.45, 7) is 2.18. The first-order valence-corrected chi connectivity index (χ1v) is 7.01. The molecule has 0 radical (unpaired) electrons. The monoisotopic (exact) mass is 276 g/mol. The Kier molecular flexibility index (Phi) is 4.74. The zero-order valence-corrected chi connectivity index (χ0v) is 11.6. The molecule has 1 heterocycles. The van der Waals surface area contributed by atoms with Gasteiger partial charge in [0.1, 0.15) is 6.54 Å². The molecule has 1 unspecified atom stereocenters. The maximum atomic E-state index is 11.5. The molecule has 2 rings (SSSR count). The zero-order chi connectivity index (χ0) is 14.5. The number of imide groups is 1. The summed E-state index contributed by atoms with van der Waals surface area (Å²) in [5.41, 5.74) is 1.51. The quantitative estimate of drug-likeness (QED) is 0.619. The Hall–Kier alpha value is -1.88. The average Bonchev–Trinajstić information content (AvgIpc) is 2.78. The number of carbonyl (C=O) groups is 2. The van der Waals surface area contributed by atoms with E-state index in [0.29, 0.717) is 5.69 Å². The van der Waals surface area contributed by atoms with Crippen LogP contribution in [0.3, 0.4) is 0 Å². The van der Waals surface area contributed by atoms with Crippen molar-refractivity contribution in [1.29, 1.82) is 0 Å². The van der Waals surface area contributed by atoms with E-state index in [4.69, 9.17) is 0 Å². The normalized spacial score (nSPS) is 16.4. The summed E-state index contributed by atoms with van der Waals surface area (Å²) in [5, 5.41) is 12.3. The van der Waals surface area contributed by atoms with Crippen LogP contribution in [-0.2, 0) is 4.79 Å². The molecule has 1 fully saturated rings. The number of benzene rings is 1. The van der Waals surface area contributed by atoms with Gasteiger partial charge in [-0.15, -0.1) is 0 Å². The average molecular weight is 276 g/mol. The van der Waals surface area contributed by atoms with Crippen molar-refractivity contribution in [3.05, 3.63) is 29.8 Å². The highest BCUT2D eigenvalue weighted by Crippen LogP contribution is 2.23. The van der Waals surface area contributed by atoms with Gasteiger partial charge >= 0.3 is 6.03 Å². The highest BCUT2D eigenvalue weighted by Gasteiger charge is 2.27. The predicted octanol–water partition coefficient (Wildman–Crippen LogP) is 2.36. The Balaban J connectivity index is 1.99. The van der Waals surface area contributed by atoms with Crippen LogP contribution in [0.15, 0.2) is 24.3 Å². The molecule has 3 amide bonds. The van der Waals surface area contributed by atoms with Crippen LogP contribution < -0.4 is 10.2 Å². The third-order valence-electron chi connectivity index (χ3n) is 3.46. The van der Waals surface area contributed by atoms with E-state index >= 15 is 0 Å². The van der Waals surface area contributed by atoms with Crippen molar-refractivity contribution in [2.75, 3.05) is 11.4 Å². The van der Waals surface area contributed by atoms with Gasteiger partial charge in [0, 0.05) is 5.69 Å². The Bertz CT molecular complexity index is 484. The molecule has 1 atom stereocenters. The number of unbranched alkanes of at least 4 members (excludes halogenated alkanes) is 2. The smallest absolute Gasteiger partial charge is 0.329 e. The molecule has 2 N–H and O–H groups in total. The number of amides is 3. The van der Waals surface area contributed by atoms with Gasteiger partial charge in [0.15, 0.2) is 0 Å². The fourth-order valence-corrected chi connectivity index (χ4v) is 2.28. The fraction of sp³-hybridized carbons (Fsp3) is 0.467. The lowest BCUT2D eigenvalue weighted by atomic mass is 10.0. The summed E-state index contributed by atoms with van der Waals surface area (Å²) < 4.78 is 0. The van der Waals surface area contributed by atoms with Crippen LogP contribution in [0.2, 0.25) is 0 Å². The minimum absolute atomic E-state index is 0.0528. The van der Waals surface area contributed by atoms with Gasteiger partial charge < -0.3 is 5.11 Å². The lowest BCUT2D eigenvalue weighted by Crippen LogP contribution is -2.27. The Morgan fingerprint density at radius 2 is 1.95 bits per heavy atom. The van der Waals surface area contributed by atoms with Gasteiger partial charge in [-0.1, -0.05) is 38.3 Å². The maximum Gasteiger partial charge on any atom is 0.329 e. The minimum Gasteiger partial charge on any atom is -0.388 e. The zero-order valence-electron chi connectivity index (χ0n) is 11.6. The van der Waals surface area contributed by atoms with E-state index in [2.05, 4.69) is 12.2 Å². The number of carbonyl (C=O) groups excluding carboxylic acids is 2. The Morgan fingerprint density at radius 1 is 1.25 bits per heavy atom. The summed E-state index contributed by atoms with van der Waals surface area (Å²) in [6, 6.07) is 6.74. The van der Waals surface area contributed by atoms with E-state index in [1.807, 2.05) is 12.1 Å². The van der Waals surface area contributed by atoms with Gasteiger partial charge in [-0.3, -0.25) is 15.0 Å². The van der Waals surface area contributed by atoms with Gasteiger partial charge in [0.2, 0.25) is 5.91 Å². The molecule has 5 heteroatoms. The second-order valence-corrected chi connectivity index (χ2v) is 5.04. The number of nitrogens with one attached hydrogen (secondary N) is 1. The predicted molar refractivity (Wildman–Crippen MR) is 76.4 cm³/mol. The van der Waals surface area contributed by atoms with Crippen LogP contribution in [-0.4, -0.2) is 23.6 Å². The summed E-state index contributed by atoms with van der Waals surface area (Å²) in [4.78, 5) is 24.1. The first-order chi connectivity index (χ1) is 9.61. The number of rotatable bonds is 6. The lowest BCUT2D eigenvalue weighted by Gasteiger charge is -2.15. The molecule has 1 saturated heterocycles. The van der Waals surface area contributed by atoms with Crippen molar-refractivity contribution in [2.24, 2.45) is 0 Å². The molecule has 5 nitrogen and oxygen atoms in total. The van der Waals surface area contributed by atoms with Gasteiger partial charge in [-0.25, -0.2) is 4.79 Å². The van der Waals surface area contributed by atoms with E-state index in [1.54, 1.807) is 12.1 Å². The van der Waals surface area contributed by atoms with Crippen LogP contribution >= 0.6 is 0 Å². The number of aliphatic hydroxyl groups is 1. The SMILES string of the molecule is CCCCCC(O)c1ccc(N2CC(=O)NC2=O)cc1. The van der Waals surface area contributed by atoms with Crippen molar-refractivity contribution in [1.82, 2.24) is 5.32 Å². The summed E-state index contributed by atoms with van der Waals surface area (Å²) in [5.74, 6) is -0.293. The molecule has 0 saturated carbocycles. The van der Waals surface area contributed by atoms with Crippen molar-refractivity contribution in [3.63, 3.8) is 0 Å². The second-order valence-electron chi connectivity index (χ2n) is 5.04. The van der Waals surface area contributed by atoms with Crippen LogP contribution in [0, 0.1) is 0 Å². The molecule has 1 aromatic carbocycles. The molecular weight excluding hydrogens is 256 g/mol. The highest BCUT2D eigenvalue weighted by molar-refractivity contribution is 6.12. The fourth-order valence-electron chi connectivity index (χ4n) is 2.28. The largest absolute Gasteiger partial charge is 0.388 e. The molecule has 1 aliphatic rings. The maximum absolute atomic E-state index is 11.5. The molecule has 0 aromatic heterocycles. The van der Waals surface area contributed by atoms with Gasteiger partial charge in [-0.2, -0.15) is 0 Å². The molecule has 0 bridgehead atoms. The molecule has 20 heavy (non-hydrogen) atoms. The number of urea groups is 1. The topological polar surface area (TPSA) is 69.6 Å². The van der Waals surface area contributed by atoms with Crippen molar-refractivity contribution in [3.8, 4) is 0 Å². The summed E-state index contributed by atoms with van der Waals surface area (Å²) in [6.07, 6.45) is 3.53. The van der Waals surface area contributed by atoms with Gasteiger partial charge in [-0.05, 0) is 24.1 Å². The molecule has 1 aromatic rings. The molecule has 0 aliphatic carbocycles. The van der Waals surface area contributed by atoms with E-state index < -0.39 is 12.1 Å². The number of anilines is 1. The van der Waals surface area contributed by atoms with Crippen LogP contribution in [0.1, 0.15) is 44.3 Å². The Morgan fingerprint density at radius 3 is 2.50 bits per heavy atom. The van der Waals surface area contributed by atoms with Crippen molar-refractivity contribution >= 4 is 17.6 Å². The number of nitrogens with zero attached hydrogens (tertiary/aromatic N) is 1. The third kappa shape index (κ3) is 3.36. The van der Waals surface area contributed by atoms with Crippen molar-refractivity contribution < 1.29 is 14.7 Å². The van der Waals surface area contributed by atoms with Crippen LogP contribution in [0.5, 0.6) is 0 Å². The standard InChI is InChI=1S/C15H20N2O3/c1-2-3-4-5-13(18)11-6-8-12(9-7-11)17-10-14(19)16-15(17)20/h6-9,13,18H,2-5,10H2,1H3,(H,16,19,20). The van der Waals surface area contributed by atoms with Gasteiger partial charge in [0.05, 0.1) is 6.10 Å². The minimum atomic E-state index is -0.468. The molecule has 1 aliphatic heterocycles. The van der Waals surface area contributed by atoms with Crippen molar-refractivity contribution in [2.45, 2.75) is 38.7 Å². The first-order valence-electron chi connectivity index (χ1n) is 7.01. The summed E-state index contributed by atoms with van der Waals surface area (Å²) in [7, 11) is 0. The Labute approximate surface area is 118 Å². The van der Waals surface area contributed by atoms with Crippen LogP contribution in [0.25, 0.3) is 0 Å². The van der Waals surface area contributed by atoms with Crippen LogP contribution in [0.4, 0.5) is 10.5 Å². The number of aliphatic hydroxyl groups excluding tert-OH is 1.